The van der Waals surface area contributed by atoms with Gasteiger partial charge in [-0.3, -0.25) is 4.98 Å². The van der Waals surface area contributed by atoms with E-state index in [0.717, 1.165) is 54.6 Å². The first-order valence-corrected chi connectivity index (χ1v) is 7.31. The van der Waals surface area contributed by atoms with Gasteiger partial charge in [0.2, 0.25) is 0 Å². The maximum atomic E-state index is 5.41. The van der Waals surface area contributed by atoms with E-state index >= 15 is 0 Å². The number of ether oxygens (including phenoxy) is 1. The van der Waals surface area contributed by atoms with Crippen molar-refractivity contribution in [2.24, 2.45) is 5.92 Å². The molecule has 1 aliphatic rings. The Labute approximate surface area is 124 Å². The van der Waals surface area contributed by atoms with Gasteiger partial charge in [0.15, 0.2) is 5.82 Å². The fourth-order valence-corrected chi connectivity index (χ4v) is 2.41. The molecule has 0 unspecified atom stereocenters. The first-order chi connectivity index (χ1) is 10.2. The predicted molar refractivity (Wildman–Crippen MR) is 82.2 cm³/mol. The molecule has 1 N–H and O–H groups in total. The van der Waals surface area contributed by atoms with Gasteiger partial charge in [0, 0.05) is 48.3 Å². The van der Waals surface area contributed by atoms with E-state index in [1.54, 1.807) is 12.4 Å². The van der Waals surface area contributed by atoms with Crippen LogP contribution in [0, 0.1) is 19.8 Å². The molecule has 110 valence electrons. The van der Waals surface area contributed by atoms with Crippen LogP contribution in [0.25, 0.3) is 11.4 Å². The van der Waals surface area contributed by atoms with Crippen LogP contribution in [-0.2, 0) is 4.74 Å². The molecular weight excluding hydrogens is 264 g/mol. The van der Waals surface area contributed by atoms with E-state index in [4.69, 9.17) is 4.74 Å². The third-order valence-electron chi connectivity index (χ3n) is 3.89. The number of anilines is 1. The van der Waals surface area contributed by atoms with Gasteiger partial charge in [-0.05, 0) is 32.4 Å². The van der Waals surface area contributed by atoms with Crippen LogP contribution in [0.15, 0.2) is 24.5 Å². The summed E-state index contributed by atoms with van der Waals surface area (Å²) >= 11 is 0. The van der Waals surface area contributed by atoms with E-state index < -0.39 is 0 Å². The highest BCUT2D eigenvalue weighted by molar-refractivity contribution is 5.58. The van der Waals surface area contributed by atoms with E-state index in [0.29, 0.717) is 5.92 Å². The minimum absolute atomic E-state index is 0.571. The van der Waals surface area contributed by atoms with Crippen molar-refractivity contribution in [2.45, 2.75) is 20.3 Å². The van der Waals surface area contributed by atoms with E-state index in [9.17, 15) is 0 Å². The van der Waals surface area contributed by atoms with Gasteiger partial charge in [0.1, 0.15) is 5.82 Å². The van der Waals surface area contributed by atoms with Crippen LogP contribution in [0.4, 0.5) is 5.82 Å². The van der Waals surface area contributed by atoms with Crippen LogP contribution >= 0.6 is 0 Å². The predicted octanol–water partition coefficient (Wildman–Crippen LogP) is 2.60. The third-order valence-corrected chi connectivity index (χ3v) is 3.89. The summed E-state index contributed by atoms with van der Waals surface area (Å²) in [6.07, 6.45) is 4.66. The SMILES string of the molecule is Cc1nc(-c2cccnc2)nc(NC[C@H]2CCOC2)c1C. The minimum atomic E-state index is 0.571. The highest BCUT2D eigenvalue weighted by Gasteiger charge is 2.16. The number of aryl methyl sites for hydroxylation is 1. The molecular formula is C16H20N4O. The molecule has 3 heterocycles. The molecule has 2 aromatic heterocycles. The molecule has 21 heavy (non-hydrogen) atoms. The molecule has 0 aromatic carbocycles. The van der Waals surface area contributed by atoms with Crippen LogP contribution in [0.3, 0.4) is 0 Å². The second-order valence-corrected chi connectivity index (χ2v) is 5.46. The summed E-state index contributed by atoms with van der Waals surface area (Å²) in [6.45, 7) is 6.67. The van der Waals surface area contributed by atoms with Gasteiger partial charge in [0.05, 0.1) is 6.61 Å². The number of nitrogens with zero attached hydrogens (tertiary/aromatic N) is 3. The van der Waals surface area contributed by atoms with Gasteiger partial charge < -0.3 is 10.1 Å². The Hall–Kier alpha value is -2.01. The van der Waals surface area contributed by atoms with Crippen molar-refractivity contribution in [3.63, 3.8) is 0 Å². The Kier molecular flexibility index (Phi) is 4.10. The van der Waals surface area contributed by atoms with Gasteiger partial charge in [0.25, 0.3) is 0 Å². The van der Waals surface area contributed by atoms with Crippen LogP contribution in [0.5, 0.6) is 0 Å². The Morgan fingerprint density at radius 2 is 2.24 bits per heavy atom. The molecule has 0 saturated carbocycles. The standard InChI is InChI=1S/C16H20N4O/c1-11-12(2)19-16(14-4-3-6-17-9-14)20-15(11)18-8-13-5-7-21-10-13/h3-4,6,9,13H,5,7-8,10H2,1-2H3,(H,18,19,20)/t13-/m1/s1. The molecule has 0 radical (unpaired) electrons. The number of nitrogens with one attached hydrogen (secondary N) is 1. The van der Waals surface area contributed by atoms with E-state index in [-0.39, 0.29) is 0 Å². The molecule has 0 bridgehead atoms. The summed E-state index contributed by atoms with van der Waals surface area (Å²) in [6, 6.07) is 3.88. The van der Waals surface area contributed by atoms with E-state index in [1.165, 1.54) is 0 Å². The van der Waals surface area contributed by atoms with Crippen LogP contribution in [-0.4, -0.2) is 34.7 Å². The molecule has 1 atom stereocenters. The lowest BCUT2D eigenvalue weighted by atomic mass is 10.1. The van der Waals surface area contributed by atoms with Gasteiger partial charge >= 0.3 is 0 Å². The molecule has 5 heteroatoms. The summed E-state index contributed by atoms with van der Waals surface area (Å²) in [5, 5.41) is 3.45. The normalized spacial score (nSPS) is 17.9. The molecule has 1 fully saturated rings. The third kappa shape index (κ3) is 3.19. The highest BCUT2D eigenvalue weighted by Crippen LogP contribution is 2.22. The Morgan fingerprint density at radius 3 is 2.95 bits per heavy atom. The maximum Gasteiger partial charge on any atom is 0.163 e. The average Bonchev–Trinajstić information content (AvgIpc) is 3.03. The quantitative estimate of drug-likeness (QED) is 0.935. The van der Waals surface area contributed by atoms with Crippen molar-refractivity contribution in [1.82, 2.24) is 15.0 Å². The lowest BCUT2D eigenvalue weighted by molar-refractivity contribution is 0.187. The van der Waals surface area contributed by atoms with Gasteiger partial charge in [-0.25, -0.2) is 9.97 Å². The zero-order valence-corrected chi connectivity index (χ0v) is 12.5. The lowest BCUT2D eigenvalue weighted by Gasteiger charge is -2.14. The second-order valence-electron chi connectivity index (χ2n) is 5.46. The fourth-order valence-electron chi connectivity index (χ4n) is 2.41. The Bertz CT molecular complexity index is 609. The van der Waals surface area contributed by atoms with Crippen molar-refractivity contribution in [2.75, 3.05) is 25.1 Å². The van der Waals surface area contributed by atoms with Crippen molar-refractivity contribution < 1.29 is 4.74 Å². The molecule has 0 aliphatic carbocycles. The first-order valence-electron chi connectivity index (χ1n) is 7.31. The second kappa shape index (κ2) is 6.18. The zero-order valence-electron chi connectivity index (χ0n) is 12.5. The van der Waals surface area contributed by atoms with Crippen LogP contribution < -0.4 is 5.32 Å². The summed E-state index contributed by atoms with van der Waals surface area (Å²) in [5.41, 5.74) is 3.03. The monoisotopic (exact) mass is 284 g/mol. The smallest absolute Gasteiger partial charge is 0.163 e. The van der Waals surface area contributed by atoms with Crippen LogP contribution in [0.2, 0.25) is 0 Å². The molecule has 1 aliphatic heterocycles. The van der Waals surface area contributed by atoms with Gasteiger partial charge in [-0.1, -0.05) is 0 Å². The average molecular weight is 284 g/mol. The zero-order chi connectivity index (χ0) is 14.7. The van der Waals surface area contributed by atoms with Crippen molar-refractivity contribution >= 4 is 5.82 Å². The molecule has 0 spiro atoms. The Morgan fingerprint density at radius 1 is 1.33 bits per heavy atom. The summed E-state index contributed by atoms with van der Waals surface area (Å²) in [4.78, 5) is 13.4. The van der Waals surface area contributed by atoms with E-state index in [1.807, 2.05) is 19.1 Å². The van der Waals surface area contributed by atoms with Crippen LogP contribution in [0.1, 0.15) is 17.7 Å². The van der Waals surface area contributed by atoms with Crippen molar-refractivity contribution in [3.05, 3.63) is 35.8 Å². The van der Waals surface area contributed by atoms with Crippen molar-refractivity contribution in [3.8, 4) is 11.4 Å². The number of hydrogen-bond acceptors (Lipinski definition) is 5. The number of hydrogen-bond donors (Lipinski definition) is 1. The number of aromatic nitrogens is 3. The number of pyridine rings is 1. The summed E-state index contributed by atoms with van der Waals surface area (Å²) in [7, 11) is 0. The first kappa shape index (κ1) is 13.9. The van der Waals surface area contributed by atoms with Gasteiger partial charge in [-0.2, -0.15) is 0 Å². The maximum absolute atomic E-state index is 5.41. The van der Waals surface area contributed by atoms with E-state index in [2.05, 4.69) is 27.2 Å². The molecule has 2 aromatic rings. The number of rotatable bonds is 4. The largest absolute Gasteiger partial charge is 0.381 e. The molecule has 5 nitrogen and oxygen atoms in total. The fraction of sp³-hybridized carbons (Fsp3) is 0.438. The van der Waals surface area contributed by atoms with Gasteiger partial charge in [-0.15, -0.1) is 0 Å². The molecule has 1 saturated heterocycles. The Balaban J connectivity index is 1.83. The molecule has 3 rings (SSSR count). The minimum Gasteiger partial charge on any atom is -0.381 e. The summed E-state index contributed by atoms with van der Waals surface area (Å²) in [5.74, 6) is 2.20. The highest BCUT2D eigenvalue weighted by atomic mass is 16.5. The molecule has 0 amide bonds. The summed E-state index contributed by atoms with van der Waals surface area (Å²) < 4.78 is 5.41. The topological polar surface area (TPSA) is 59.9 Å². The van der Waals surface area contributed by atoms with Crippen molar-refractivity contribution in [1.29, 1.82) is 0 Å². The lowest BCUT2D eigenvalue weighted by Crippen LogP contribution is -2.16.